The second-order valence-electron chi connectivity index (χ2n) is 10.2. The Morgan fingerprint density at radius 2 is 1.76 bits per heavy atom. The zero-order valence-corrected chi connectivity index (χ0v) is 21.2. The molecule has 0 saturated carbocycles. The van der Waals surface area contributed by atoms with Crippen LogP contribution in [-0.4, -0.2) is 29.7 Å². The van der Waals surface area contributed by atoms with Crippen LogP contribution in [0.1, 0.15) is 53.7 Å². The maximum atomic E-state index is 14.6. The van der Waals surface area contributed by atoms with E-state index in [1.54, 1.807) is 19.9 Å². The normalized spacial score (nSPS) is 14.4. The molecule has 9 heteroatoms. The van der Waals surface area contributed by atoms with E-state index in [1.165, 1.54) is 37.4 Å². The molecule has 6 nitrogen and oxygen atoms in total. The molecule has 38 heavy (non-hydrogen) atoms. The number of fused-ring (bicyclic) bond motifs is 1. The number of cyclic esters (lactones) is 1. The van der Waals surface area contributed by atoms with Crippen molar-refractivity contribution in [2.24, 2.45) is 0 Å². The number of halogens is 3. The van der Waals surface area contributed by atoms with Crippen molar-refractivity contribution < 1.29 is 37.3 Å². The van der Waals surface area contributed by atoms with Crippen molar-refractivity contribution in [1.82, 2.24) is 0 Å². The lowest BCUT2D eigenvalue weighted by atomic mass is 9.72. The molecule has 0 radical (unpaired) electrons. The molecule has 0 spiro atoms. The van der Waals surface area contributed by atoms with Gasteiger partial charge in [-0.05, 0) is 72.0 Å². The smallest absolute Gasteiger partial charge is 0.338 e. The van der Waals surface area contributed by atoms with E-state index >= 15 is 0 Å². The molecule has 0 bridgehead atoms. The van der Waals surface area contributed by atoms with Crippen molar-refractivity contribution in [3.05, 3.63) is 94.3 Å². The minimum Gasteiger partial charge on any atom is -0.496 e. The molecule has 4 rings (SSSR count). The number of carbonyl (C=O) groups excluding carboxylic acids is 2. The first-order valence-corrected chi connectivity index (χ1v) is 12.0. The van der Waals surface area contributed by atoms with E-state index in [0.29, 0.717) is 28.1 Å². The second-order valence-corrected chi connectivity index (χ2v) is 10.2. The van der Waals surface area contributed by atoms with Crippen LogP contribution in [0, 0.1) is 17.5 Å². The Kier molecular flexibility index (Phi) is 7.51. The molecule has 3 aromatic carbocycles. The highest BCUT2D eigenvalue weighted by Crippen LogP contribution is 2.40. The summed E-state index contributed by atoms with van der Waals surface area (Å²) in [6.07, 6.45) is -0.968. The molecule has 1 atom stereocenters. The van der Waals surface area contributed by atoms with Gasteiger partial charge in [0.15, 0.2) is 0 Å². The number of ether oxygens (including phenoxy) is 2. The third kappa shape index (κ3) is 5.99. The predicted molar refractivity (Wildman–Crippen MR) is 134 cm³/mol. The second kappa shape index (κ2) is 10.5. The van der Waals surface area contributed by atoms with Gasteiger partial charge in [0.1, 0.15) is 29.8 Å². The van der Waals surface area contributed by atoms with Crippen molar-refractivity contribution in [2.45, 2.75) is 50.7 Å². The fraction of sp³-hybridized carbons (Fsp3) is 0.310. The predicted octanol–water partition coefficient (Wildman–Crippen LogP) is 5.45. The van der Waals surface area contributed by atoms with E-state index in [1.807, 2.05) is 0 Å². The zero-order chi connectivity index (χ0) is 27.7. The van der Waals surface area contributed by atoms with Gasteiger partial charge in [-0.15, -0.1) is 0 Å². The van der Waals surface area contributed by atoms with Gasteiger partial charge in [0, 0.05) is 23.2 Å². The van der Waals surface area contributed by atoms with E-state index in [2.05, 4.69) is 5.32 Å². The Bertz CT molecular complexity index is 1390. The Morgan fingerprint density at radius 3 is 2.50 bits per heavy atom. The fourth-order valence-electron chi connectivity index (χ4n) is 5.06. The Balaban J connectivity index is 1.63. The number of carbonyl (C=O) groups is 2. The molecule has 0 saturated heterocycles. The van der Waals surface area contributed by atoms with Crippen LogP contribution >= 0.6 is 0 Å². The molecule has 1 heterocycles. The first-order valence-electron chi connectivity index (χ1n) is 12.0. The van der Waals surface area contributed by atoms with Gasteiger partial charge in [0.2, 0.25) is 5.91 Å². The Morgan fingerprint density at radius 1 is 1.05 bits per heavy atom. The van der Waals surface area contributed by atoms with Crippen LogP contribution in [0.2, 0.25) is 0 Å². The van der Waals surface area contributed by atoms with Gasteiger partial charge < -0.3 is 19.9 Å². The topological polar surface area (TPSA) is 84.9 Å². The highest BCUT2D eigenvalue weighted by atomic mass is 19.1. The number of benzene rings is 3. The molecule has 1 aliphatic rings. The monoisotopic (exact) mass is 527 g/mol. The molecule has 0 aliphatic carbocycles. The summed E-state index contributed by atoms with van der Waals surface area (Å²) in [6.45, 7) is 3.57. The Labute approximate surface area is 218 Å². The van der Waals surface area contributed by atoms with Crippen LogP contribution in [0.4, 0.5) is 18.9 Å². The minimum atomic E-state index is -1.87. The largest absolute Gasteiger partial charge is 0.496 e. The van der Waals surface area contributed by atoms with E-state index in [-0.39, 0.29) is 25.0 Å². The van der Waals surface area contributed by atoms with Crippen molar-refractivity contribution in [1.29, 1.82) is 0 Å². The van der Waals surface area contributed by atoms with Crippen molar-refractivity contribution in [3.8, 4) is 5.75 Å². The number of methoxy groups -OCH3 is 1. The molecule has 3 aromatic rings. The lowest BCUT2D eigenvalue weighted by molar-refractivity contribution is -0.121. The van der Waals surface area contributed by atoms with Crippen LogP contribution < -0.4 is 10.1 Å². The summed E-state index contributed by atoms with van der Waals surface area (Å²) in [5.74, 6) is -2.57. The lowest BCUT2D eigenvalue weighted by Gasteiger charge is -2.37. The van der Waals surface area contributed by atoms with Gasteiger partial charge in [0.25, 0.3) is 0 Å². The highest BCUT2D eigenvalue weighted by Gasteiger charge is 2.39. The van der Waals surface area contributed by atoms with Gasteiger partial charge in [0.05, 0.1) is 24.7 Å². The molecule has 200 valence electrons. The number of nitrogens with one attached hydrogen (secondary N) is 1. The fourth-order valence-corrected chi connectivity index (χ4v) is 5.06. The van der Waals surface area contributed by atoms with Gasteiger partial charge in [-0.3, -0.25) is 4.79 Å². The van der Waals surface area contributed by atoms with Crippen LogP contribution in [0.5, 0.6) is 5.75 Å². The SMILES string of the molecule is COc1ccc(F)cc1C(C)(C)CC(O)(CC(=O)Nc1ccc2c(c1)COC2=O)Cc1cc(F)ccc1F. The number of esters is 1. The zero-order valence-electron chi connectivity index (χ0n) is 21.2. The maximum absolute atomic E-state index is 14.6. The number of amides is 1. The van der Waals surface area contributed by atoms with Crippen LogP contribution in [0.3, 0.4) is 0 Å². The van der Waals surface area contributed by atoms with E-state index < -0.39 is 46.8 Å². The molecule has 0 fully saturated rings. The number of aliphatic hydroxyl groups is 1. The van der Waals surface area contributed by atoms with Crippen LogP contribution in [-0.2, 0) is 28.0 Å². The summed E-state index contributed by atoms with van der Waals surface area (Å²) in [5.41, 5.74) is -1.06. The summed E-state index contributed by atoms with van der Waals surface area (Å²) in [7, 11) is 1.43. The van der Waals surface area contributed by atoms with E-state index in [4.69, 9.17) is 9.47 Å². The van der Waals surface area contributed by atoms with Crippen molar-refractivity contribution in [3.63, 3.8) is 0 Å². The summed E-state index contributed by atoms with van der Waals surface area (Å²) in [5, 5.41) is 14.5. The highest BCUT2D eigenvalue weighted by molar-refractivity contribution is 5.96. The molecular formula is C29H28F3NO5. The molecule has 1 aliphatic heterocycles. The first-order chi connectivity index (χ1) is 17.9. The first kappa shape index (κ1) is 27.2. The summed E-state index contributed by atoms with van der Waals surface area (Å²) < 4.78 is 53.0. The van der Waals surface area contributed by atoms with Gasteiger partial charge in [-0.2, -0.15) is 0 Å². The molecule has 1 amide bonds. The van der Waals surface area contributed by atoms with E-state index in [0.717, 1.165) is 18.2 Å². The number of hydrogen-bond acceptors (Lipinski definition) is 5. The summed E-state index contributed by atoms with van der Waals surface area (Å²) in [4.78, 5) is 24.8. The summed E-state index contributed by atoms with van der Waals surface area (Å²) >= 11 is 0. The third-order valence-corrected chi connectivity index (χ3v) is 6.65. The third-order valence-electron chi connectivity index (χ3n) is 6.65. The van der Waals surface area contributed by atoms with Crippen molar-refractivity contribution >= 4 is 17.6 Å². The van der Waals surface area contributed by atoms with Gasteiger partial charge in [-0.25, -0.2) is 18.0 Å². The number of rotatable bonds is 9. The van der Waals surface area contributed by atoms with Gasteiger partial charge >= 0.3 is 5.97 Å². The average molecular weight is 528 g/mol. The van der Waals surface area contributed by atoms with E-state index in [9.17, 15) is 27.9 Å². The number of anilines is 1. The molecule has 2 N–H and O–H groups in total. The molecule has 0 aromatic heterocycles. The van der Waals surface area contributed by atoms with Crippen molar-refractivity contribution in [2.75, 3.05) is 12.4 Å². The Hall–Kier alpha value is -3.85. The maximum Gasteiger partial charge on any atom is 0.338 e. The minimum absolute atomic E-state index is 0.0876. The van der Waals surface area contributed by atoms with Crippen LogP contribution in [0.15, 0.2) is 54.6 Å². The average Bonchev–Trinajstić information content (AvgIpc) is 3.20. The standard InChI is InChI=1S/C29H28F3NO5/c1-28(2,23-12-20(31)5-9-25(23)37-3)16-29(36,13-17-10-19(30)4-8-24(17)32)14-26(34)33-21-6-7-22-18(11-21)15-38-27(22)35/h4-12,36H,13-16H2,1-3H3,(H,33,34). The van der Waals surface area contributed by atoms with Gasteiger partial charge in [-0.1, -0.05) is 13.8 Å². The van der Waals surface area contributed by atoms with Crippen LogP contribution in [0.25, 0.3) is 0 Å². The molecular weight excluding hydrogens is 499 g/mol. The molecule has 1 unspecified atom stereocenters. The lowest BCUT2D eigenvalue weighted by Crippen LogP contribution is -2.42. The quantitative estimate of drug-likeness (QED) is 0.362. The summed E-state index contributed by atoms with van der Waals surface area (Å²) in [6, 6.07) is 11.6. The number of hydrogen-bond donors (Lipinski definition) is 2.